The standard InChI is InChI=1S/C26H27N5O3/c1-17-4-9-23-21(14-17)22(15-18(2)27-23)26(32)31-12-10-30(11-13-31)16-24-28-25(29-34-24)19-5-7-20(33-3)8-6-19/h4-9,14-15H,10-13,16H2,1-3H3. The van der Waals surface area contributed by atoms with Crippen LogP contribution >= 0.6 is 0 Å². The average molecular weight is 458 g/mol. The van der Waals surface area contributed by atoms with Crippen LogP contribution in [-0.4, -0.2) is 64.1 Å². The van der Waals surface area contributed by atoms with Crippen LogP contribution in [-0.2, 0) is 6.54 Å². The Bertz CT molecular complexity index is 1320. The zero-order valence-electron chi connectivity index (χ0n) is 19.6. The average Bonchev–Trinajstić information content (AvgIpc) is 3.32. The van der Waals surface area contributed by atoms with Gasteiger partial charge in [-0.15, -0.1) is 0 Å². The van der Waals surface area contributed by atoms with Crippen molar-refractivity contribution in [1.29, 1.82) is 0 Å². The lowest BCUT2D eigenvalue weighted by Gasteiger charge is -2.34. The first-order valence-electron chi connectivity index (χ1n) is 11.4. The van der Waals surface area contributed by atoms with Gasteiger partial charge < -0.3 is 14.2 Å². The minimum Gasteiger partial charge on any atom is -0.497 e. The third-order valence-electron chi connectivity index (χ3n) is 6.16. The maximum Gasteiger partial charge on any atom is 0.254 e. The molecule has 1 amide bonds. The van der Waals surface area contributed by atoms with Crippen LogP contribution in [0.5, 0.6) is 5.75 Å². The summed E-state index contributed by atoms with van der Waals surface area (Å²) in [7, 11) is 1.63. The van der Waals surface area contributed by atoms with Crippen molar-refractivity contribution >= 4 is 16.8 Å². The number of nitrogens with zero attached hydrogens (tertiary/aromatic N) is 5. The van der Waals surface area contributed by atoms with E-state index in [1.165, 1.54) is 0 Å². The summed E-state index contributed by atoms with van der Waals surface area (Å²) in [6.07, 6.45) is 0. The molecule has 0 unspecified atom stereocenters. The number of carbonyl (C=O) groups is 1. The van der Waals surface area contributed by atoms with Crippen LogP contribution in [0.2, 0.25) is 0 Å². The first kappa shape index (κ1) is 22.0. The minimum absolute atomic E-state index is 0.0559. The quantitative estimate of drug-likeness (QED) is 0.450. The van der Waals surface area contributed by atoms with Crippen molar-refractivity contribution in [2.24, 2.45) is 0 Å². The molecule has 1 aliphatic heterocycles. The minimum atomic E-state index is 0.0559. The molecule has 8 nitrogen and oxygen atoms in total. The molecule has 3 heterocycles. The molecule has 0 radical (unpaired) electrons. The number of methoxy groups -OCH3 is 1. The van der Waals surface area contributed by atoms with Crippen LogP contribution in [0.3, 0.4) is 0 Å². The van der Waals surface area contributed by atoms with Gasteiger partial charge in [-0.25, -0.2) is 0 Å². The maximum absolute atomic E-state index is 13.4. The molecule has 2 aromatic heterocycles. The third-order valence-corrected chi connectivity index (χ3v) is 6.16. The summed E-state index contributed by atoms with van der Waals surface area (Å²) in [4.78, 5) is 26.7. The lowest BCUT2D eigenvalue weighted by atomic mass is 10.0. The van der Waals surface area contributed by atoms with Crippen molar-refractivity contribution in [3.8, 4) is 17.1 Å². The summed E-state index contributed by atoms with van der Waals surface area (Å²) in [6.45, 7) is 7.30. The fraction of sp³-hybridized carbons (Fsp3) is 0.308. The van der Waals surface area contributed by atoms with Crippen molar-refractivity contribution < 1.29 is 14.1 Å². The number of amides is 1. The topological polar surface area (TPSA) is 84.6 Å². The molecule has 174 valence electrons. The van der Waals surface area contributed by atoms with E-state index in [0.717, 1.165) is 52.1 Å². The third kappa shape index (κ3) is 4.49. The number of fused-ring (bicyclic) bond motifs is 1. The second-order valence-electron chi connectivity index (χ2n) is 8.64. The second kappa shape index (κ2) is 9.23. The number of aryl methyl sites for hydroxylation is 2. The van der Waals surface area contributed by atoms with Crippen LogP contribution in [0.25, 0.3) is 22.3 Å². The predicted octanol–water partition coefficient (Wildman–Crippen LogP) is 3.87. The van der Waals surface area contributed by atoms with Gasteiger partial charge in [-0.3, -0.25) is 14.7 Å². The number of hydrogen-bond acceptors (Lipinski definition) is 7. The Labute approximate surface area is 198 Å². The van der Waals surface area contributed by atoms with Gasteiger partial charge in [0.25, 0.3) is 5.91 Å². The van der Waals surface area contributed by atoms with Gasteiger partial charge in [0.1, 0.15) is 5.75 Å². The van der Waals surface area contributed by atoms with E-state index in [9.17, 15) is 4.79 Å². The Hall–Kier alpha value is -3.78. The van der Waals surface area contributed by atoms with Gasteiger partial charge in [-0.05, 0) is 56.3 Å². The van der Waals surface area contributed by atoms with Gasteiger partial charge in [0.05, 0.1) is 24.7 Å². The first-order chi connectivity index (χ1) is 16.5. The van der Waals surface area contributed by atoms with Crippen LogP contribution < -0.4 is 4.74 Å². The van der Waals surface area contributed by atoms with Crippen molar-refractivity contribution in [2.75, 3.05) is 33.3 Å². The van der Waals surface area contributed by atoms with Gasteiger partial charge in [0.15, 0.2) is 0 Å². The molecule has 8 heteroatoms. The molecular formula is C26H27N5O3. The summed E-state index contributed by atoms with van der Waals surface area (Å²) >= 11 is 0. The summed E-state index contributed by atoms with van der Waals surface area (Å²) < 4.78 is 10.7. The first-order valence-corrected chi connectivity index (χ1v) is 11.4. The van der Waals surface area contributed by atoms with Gasteiger partial charge in [-0.2, -0.15) is 4.98 Å². The van der Waals surface area contributed by atoms with E-state index in [4.69, 9.17) is 9.26 Å². The number of rotatable bonds is 5. The molecule has 0 atom stereocenters. The van der Waals surface area contributed by atoms with Gasteiger partial charge in [0.2, 0.25) is 11.7 Å². The van der Waals surface area contributed by atoms with E-state index in [2.05, 4.69) is 20.0 Å². The molecule has 0 spiro atoms. The summed E-state index contributed by atoms with van der Waals surface area (Å²) in [5, 5.41) is 5.02. The molecule has 1 fully saturated rings. The number of benzene rings is 2. The van der Waals surface area contributed by atoms with Crippen LogP contribution in [0.1, 0.15) is 27.5 Å². The molecule has 5 rings (SSSR count). The summed E-state index contributed by atoms with van der Waals surface area (Å²) in [5.74, 6) is 1.96. The molecule has 0 saturated carbocycles. The number of carbonyl (C=O) groups excluding carboxylic acids is 1. The molecule has 34 heavy (non-hydrogen) atoms. The lowest BCUT2D eigenvalue weighted by Crippen LogP contribution is -2.48. The highest BCUT2D eigenvalue weighted by molar-refractivity contribution is 6.06. The van der Waals surface area contributed by atoms with Crippen LogP contribution in [0.4, 0.5) is 0 Å². The molecule has 1 saturated heterocycles. The van der Waals surface area contributed by atoms with Gasteiger partial charge in [0, 0.05) is 42.8 Å². The van der Waals surface area contributed by atoms with Gasteiger partial charge >= 0.3 is 0 Å². The Morgan fingerprint density at radius 1 is 1.00 bits per heavy atom. The highest BCUT2D eigenvalue weighted by Gasteiger charge is 2.25. The second-order valence-corrected chi connectivity index (χ2v) is 8.64. The molecule has 0 aliphatic carbocycles. The van der Waals surface area contributed by atoms with Crippen LogP contribution in [0, 0.1) is 13.8 Å². The molecule has 4 aromatic rings. The molecule has 2 aromatic carbocycles. The van der Waals surface area contributed by atoms with Crippen LogP contribution in [0.15, 0.2) is 53.1 Å². The maximum atomic E-state index is 13.4. The number of piperazine rings is 1. The normalized spacial score (nSPS) is 14.5. The summed E-state index contributed by atoms with van der Waals surface area (Å²) in [5.41, 5.74) is 4.42. The Balaban J connectivity index is 1.23. The molecular weight excluding hydrogens is 430 g/mol. The zero-order chi connectivity index (χ0) is 23.7. The SMILES string of the molecule is COc1ccc(-c2noc(CN3CCN(C(=O)c4cc(C)nc5ccc(C)cc45)CC3)n2)cc1. The van der Waals surface area contributed by atoms with E-state index in [1.807, 2.05) is 67.3 Å². The number of aromatic nitrogens is 3. The number of pyridine rings is 1. The number of hydrogen-bond donors (Lipinski definition) is 0. The highest BCUT2D eigenvalue weighted by Crippen LogP contribution is 2.23. The lowest BCUT2D eigenvalue weighted by molar-refractivity contribution is 0.0617. The molecule has 1 aliphatic rings. The van der Waals surface area contributed by atoms with Crippen molar-refractivity contribution in [3.63, 3.8) is 0 Å². The summed E-state index contributed by atoms with van der Waals surface area (Å²) in [6, 6.07) is 15.5. The highest BCUT2D eigenvalue weighted by atomic mass is 16.5. The monoisotopic (exact) mass is 457 g/mol. The fourth-order valence-corrected chi connectivity index (χ4v) is 4.30. The van der Waals surface area contributed by atoms with E-state index in [0.29, 0.717) is 31.3 Å². The Kier molecular flexibility index (Phi) is 5.98. The van der Waals surface area contributed by atoms with Gasteiger partial charge in [-0.1, -0.05) is 16.8 Å². The fourth-order valence-electron chi connectivity index (χ4n) is 4.30. The van der Waals surface area contributed by atoms with E-state index in [-0.39, 0.29) is 5.91 Å². The number of ether oxygens (including phenoxy) is 1. The Morgan fingerprint density at radius 3 is 2.50 bits per heavy atom. The largest absolute Gasteiger partial charge is 0.497 e. The predicted molar refractivity (Wildman–Crippen MR) is 129 cm³/mol. The van der Waals surface area contributed by atoms with E-state index < -0.39 is 0 Å². The Morgan fingerprint density at radius 2 is 1.76 bits per heavy atom. The van der Waals surface area contributed by atoms with Crippen molar-refractivity contribution in [3.05, 3.63) is 71.2 Å². The van der Waals surface area contributed by atoms with E-state index >= 15 is 0 Å². The van der Waals surface area contributed by atoms with Crippen molar-refractivity contribution in [2.45, 2.75) is 20.4 Å². The zero-order valence-corrected chi connectivity index (χ0v) is 19.6. The van der Waals surface area contributed by atoms with Crippen molar-refractivity contribution in [1.82, 2.24) is 24.9 Å². The smallest absolute Gasteiger partial charge is 0.254 e. The molecule has 0 N–H and O–H groups in total. The van der Waals surface area contributed by atoms with E-state index in [1.54, 1.807) is 7.11 Å². The molecule has 0 bridgehead atoms.